The maximum Gasteiger partial charge on any atom is 0.119 e. The lowest BCUT2D eigenvalue weighted by molar-refractivity contribution is 0.304. The molecule has 0 spiro atoms. The highest BCUT2D eigenvalue weighted by Gasteiger charge is 2.21. The first kappa shape index (κ1) is 16.1. The van der Waals surface area contributed by atoms with Crippen LogP contribution in [0.5, 0.6) is 5.75 Å². The smallest absolute Gasteiger partial charge is 0.119 e. The van der Waals surface area contributed by atoms with Crippen molar-refractivity contribution in [1.82, 2.24) is 0 Å². The summed E-state index contributed by atoms with van der Waals surface area (Å²) in [7, 11) is 0. The van der Waals surface area contributed by atoms with E-state index < -0.39 is 0 Å². The Labute approximate surface area is 119 Å². The Hall–Kier alpha value is -0.980. The van der Waals surface area contributed by atoms with Crippen LogP contribution in [0, 0.1) is 0 Å². The Bertz CT molecular complexity index is 335. The van der Waals surface area contributed by atoms with Gasteiger partial charge in [-0.25, -0.2) is 0 Å². The van der Waals surface area contributed by atoms with Crippen LogP contribution in [0.1, 0.15) is 71.8 Å². The topological polar surface area (TPSA) is 9.23 Å². The molecule has 0 unspecified atom stereocenters. The maximum absolute atomic E-state index is 5.79. The molecule has 19 heavy (non-hydrogen) atoms. The van der Waals surface area contributed by atoms with Gasteiger partial charge in [0.2, 0.25) is 0 Å². The Morgan fingerprint density at radius 1 is 0.895 bits per heavy atom. The van der Waals surface area contributed by atoms with Crippen molar-refractivity contribution in [1.29, 1.82) is 0 Å². The van der Waals surface area contributed by atoms with Crippen molar-refractivity contribution in [3.8, 4) is 5.75 Å². The number of ether oxygens (including phenoxy) is 1. The number of hydrogen-bond acceptors (Lipinski definition) is 1. The average Bonchev–Trinajstić information content (AvgIpc) is 2.47. The molecule has 0 bridgehead atoms. The summed E-state index contributed by atoms with van der Waals surface area (Å²) in [4.78, 5) is 0. The number of benzene rings is 1. The average molecular weight is 262 g/mol. The van der Waals surface area contributed by atoms with E-state index in [-0.39, 0.29) is 0 Å². The summed E-state index contributed by atoms with van der Waals surface area (Å²) in [5, 5.41) is 0. The molecule has 1 aromatic carbocycles. The minimum absolute atomic E-state index is 0.305. The molecule has 0 radical (unpaired) electrons. The molecular weight excluding hydrogens is 232 g/mol. The summed E-state index contributed by atoms with van der Waals surface area (Å²) in [5.74, 6) is 1.01. The van der Waals surface area contributed by atoms with Crippen molar-refractivity contribution < 1.29 is 4.74 Å². The van der Waals surface area contributed by atoms with E-state index in [1.807, 2.05) is 0 Å². The molecule has 1 rings (SSSR count). The van der Waals surface area contributed by atoms with Crippen molar-refractivity contribution in [2.75, 3.05) is 6.61 Å². The maximum atomic E-state index is 5.79. The van der Waals surface area contributed by atoms with Gasteiger partial charge in [0.05, 0.1) is 6.61 Å². The molecule has 1 aromatic rings. The SMILES string of the molecule is CCCCCCOc1ccc(C(C)(CC)CC)cc1. The number of unbranched alkanes of at least 4 members (excludes halogenated alkanes) is 3. The quantitative estimate of drug-likeness (QED) is 0.517. The summed E-state index contributed by atoms with van der Waals surface area (Å²) in [6.45, 7) is 9.95. The van der Waals surface area contributed by atoms with Gasteiger partial charge in [-0.1, -0.05) is 59.1 Å². The van der Waals surface area contributed by atoms with Crippen molar-refractivity contribution >= 4 is 0 Å². The van der Waals surface area contributed by atoms with Gasteiger partial charge in [-0.05, 0) is 42.4 Å². The fraction of sp³-hybridized carbons (Fsp3) is 0.667. The minimum Gasteiger partial charge on any atom is -0.494 e. The lowest BCUT2D eigenvalue weighted by atomic mass is 9.78. The minimum atomic E-state index is 0.305. The van der Waals surface area contributed by atoms with Gasteiger partial charge < -0.3 is 4.74 Å². The van der Waals surface area contributed by atoms with Crippen molar-refractivity contribution in [3.05, 3.63) is 29.8 Å². The number of rotatable bonds is 9. The zero-order valence-corrected chi connectivity index (χ0v) is 13.2. The molecule has 1 nitrogen and oxygen atoms in total. The first-order chi connectivity index (χ1) is 9.16. The molecule has 0 aromatic heterocycles. The van der Waals surface area contributed by atoms with Crippen molar-refractivity contribution in [2.24, 2.45) is 0 Å². The molecule has 0 aliphatic carbocycles. The van der Waals surface area contributed by atoms with E-state index in [4.69, 9.17) is 4.74 Å². The van der Waals surface area contributed by atoms with Crippen molar-refractivity contribution in [2.45, 2.75) is 71.6 Å². The summed E-state index contributed by atoms with van der Waals surface area (Å²) < 4.78 is 5.79. The molecule has 0 saturated heterocycles. The lowest BCUT2D eigenvalue weighted by Gasteiger charge is -2.27. The van der Waals surface area contributed by atoms with Gasteiger partial charge in [0, 0.05) is 0 Å². The molecular formula is C18H30O. The van der Waals surface area contributed by atoms with Crippen LogP contribution in [-0.2, 0) is 5.41 Å². The van der Waals surface area contributed by atoms with Crippen LogP contribution < -0.4 is 4.74 Å². The molecule has 0 atom stereocenters. The summed E-state index contributed by atoms with van der Waals surface area (Å²) in [5.41, 5.74) is 1.73. The summed E-state index contributed by atoms with van der Waals surface area (Å²) >= 11 is 0. The third kappa shape index (κ3) is 4.89. The van der Waals surface area contributed by atoms with E-state index >= 15 is 0 Å². The van der Waals surface area contributed by atoms with Gasteiger partial charge in [0.1, 0.15) is 5.75 Å². The van der Waals surface area contributed by atoms with Gasteiger partial charge in [0.15, 0.2) is 0 Å². The molecule has 0 N–H and O–H groups in total. The molecule has 0 saturated carbocycles. The Morgan fingerprint density at radius 2 is 1.53 bits per heavy atom. The fourth-order valence-electron chi connectivity index (χ4n) is 2.33. The summed E-state index contributed by atoms with van der Waals surface area (Å²) in [6, 6.07) is 8.71. The monoisotopic (exact) mass is 262 g/mol. The van der Waals surface area contributed by atoms with Gasteiger partial charge in [-0.2, -0.15) is 0 Å². The Balaban J connectivity index is 2.47. The highest BCUT2D eigenvalue weighted by Crippen LogP contribution is 2.31. The van der Waals surface area contributed by atoms with Gasteiger partial charge in [0.25, 0.3) is 0 Å². The Morgan fingerprint density at radius 3 is 2.05 bits per heavy atom. The van der Waals surface area contributed by atoms with E-state index in [2.05, 4.69) is 52.0 Å². The molecule has 0 heterocycles. The Kier molecular flexibility index (Phi) is 6.97. The number of hydrogen-bond donors (Lipinski definition) is 0. The third-order valence-corrected chi connectivity index (χ3v) is 4.38. The van der Waals surface area contributed by atoms with E-state index in [1.54, 1.807) is 0 Å². The molecule has 108 valence electrons. The van der Waals surface area contributed by atoms with Gasteiger partial charge in [-0.3, -0.25) is 0 Å². The first-order valence-electron chi connectivity index (χ1n) is 7.89. The summed E-state index contributed by atoms with van der Waals surface area (Å²) in [6.07, 6.45) is 7.39. The van der Waals surface area contributed by atoms with Crippen LogP contribution >= 0.6 is 0 Å². The molecule has 0 fully saturated rings. The highest BCUT2D eigenvalue weighted by atomic mass is 16.5. The first-order valence-corrected chi connectivity index (χ1v) is 7.89. The fourth-order valence-corrected chi connectivity index (χ4v) is 2.33. The van der Waals surface area contributed by atoms with E-state index in [0.717, 1.165) is 18.8 Å². The molecule has 1 heteroatoms. The predicted molar refractivity (Wildman–Crippen MR) is 84.0 cm³/mol. The molecule has 0 aliphatic heterocycles. The zero-order valence-electron chi connectivity index (χ0n) is 13.2. The second-order valence-corrected chi connectivity index (χ2v) is 5.70. The molecule has 0 amide bonds. The highest BCUT2D eigenvalue weighted by molar-refractivity contribution is 5.31. The van der Waals surface area contributed by atoms with E-state index in [9.17, 15) is 0 Å². The van der Waals surface area contributed by atoms with Crippen LogP contribution in [0.2, 0.25) is 0 Å². The van der Waals surface area contributed by atoms with Crippen LogP contribution in [0.3, 0.4) is 0 Å². The largest absolute Gasteiger partial charge is 0.494 e. The van der Waals surface area contributed by atoms with Crippen molar-refractivity contribution in [3.63, 3.8) is 0 Å². The second-order valence-electron chi connectivity index (χ2n) is 5.70. The van der Waals surface area contributed by atoms with Crippen LogP contribution in [0.25, 0.3) is 0 Å². The predicted octanol–water partition coefficient (Wildman–Crippen LogP) is 5.72. The third-order valence-electron chi connectivity index (χ3n) is 4.38. The standard InChI is InChI=1S/C18H30O/c1-5-8-9-10-15-19-17-13-11-16(12-14-17)18(4,6-2)7-3/h11-14H,5-10,15H2,1-4H3. The zero-order chi connectivity index (χ0) is 14.1. The van der Waals surface area contributed by atoms with Gasteiger partial charge >= 0.3 is 0 Å². The lowest BCUT2D eigenvalue weighted by Crippen LogP contribution is -2.19. The molecule has 0 aliphatic rings. The second kappa shape index (κ2) is 8.24. The van der Waals surface area contributed by atoms with Gasteiger partial charge in [-0.15, -0.1) is 0 Å². The van der Waals surface area contributed by atoms with Crippen LogP contribution in [-0.4, -0.2) is 6.61 Å². The van der Waals surface area contributed by atoms with E-state index in [1.165, 1.54) is 37.7 Å². The van der Waals surface area contributed by atoms with E-state index in [0.29, 0.717) is 5.41 Å². The normalized spacial score (nSPS) is 11.6. The van der Waals surface area contributed by atoms with Crippen LogP contribution in [0.15, 0.2) is 24.3 Å². The van der Waals surface area contributed by atoms with Crippen LogP contribution in [0.4, 0.5) is 0 Å².